The van der Waals surface area contributed by atoms with Crippen molar-refractivity contribution < 1.29 is 18.0 Å². The molecule has 0 amide bonds. The highest BCUT2D eigenvalue weighted by Crippen LogP contribution is 2.16. The summed E-state index contributed by atoms with van der Waals surface area (Å²) in [4.78, 5) is 25.6. The second-order valence-electron chi connectivity index (χ2n) is 4.17. The molecule has 21 heavy (non-hydrogen) atoms. The van der Waals surface area contributed by atoms with E-state index in [2.05, 4.69) is 9.71 Å². The van der Waals surface area contributed by atoms with Crippen molar-refractivity contribution in [2.45, 2.75) is 11.3 Å². The van der Waals surface area contributed by atoms with Gasteiger partial charge >= 0.3 is 0 Å². The van der Waals surface area contributed by atoms with Crippen molar-refractivity contribution in [1.82, 2.24) is 4.98 Å². The highest BCUT2D eigenvalue weighted by atomic mass is 32.2. The maximum atomic E-state index is 12.1. The van der Waals surface area contributed by atoms with Gasteiger partial charge in [0.2, 0.25) is 0 Å². The number of ketones is 1. The summed E-state index contributed by atoms with van der Waals surface area (Å²) in [6.45, 7) is 0. The number of benzene rings is 1. The standard InChI is InChI=1S/C14H12N2O4S/c17-9-7-14(18)11-3-5-13(6-4-11)21(19,20)16-12-2-1-8-15-10-12/h1-6,8-10,16H,7H2. The van der Waals surface area contributed by atoms with Gasteiger partial charge in [0.15, 0.2) is 5.78 Å². The molecule has 0 atom stereocenters. The second-order valence-corrected chi connectivity index (χ2v) is 5.85. The Labute approximate surface area is 121 Å². The van der Waals surface area contributed by atoms with Gasteiger partial charge in [0.1, 0.15) is 6.29 Å². The predicted octanol–water partition coefficient (Wildman–Crippen LogP) is 1.65. The summed E-state index contributed by atoms with van der Waals surface area (Å²) in [5.41, 5.74) is 0.640. The second kappa shape index (κ2) is 6.27. The third-order valence-corrected chi connectivity index (χ3v) is 4.07. The zero-order chi connectivity index (χ0) is 15.3. The highest BCUT2D eigenvalue weighted by Gasteiger charge is 2.15. The first-order valence-electron chi connectivity index (χ1n) is 6.02. The van der Waals surface area contributed by atoms with Crippen LogP contribution < -0.4 is 4.72 Å². The van der Waals surface area contributed by atoms with Crippen molar-refractivity contribution in [3.63, 3.8) is 0 Å². The van der Waals surface area contributed by atoms with Crippen LogP contribution in [-0.4, -0.2) is 25.5 Å². The fraction of sp³-hybridized carbons (Fsp3) is 0.0714. The molecule has 1 aromatic carbocycles. The van der Waals surface area contributed by atoms with E-state index in [1.807, 2.05) is 0 Å². The van der Waals surface area contributed by atoms with E-state index < -0.39 is 10.0 Å². The fourth-order valence-electron chi connectivity index (χ4n) is 1.65. The van der Waals surface area contributed by atoms with Gasteiger partial charge in [-0.25, -0.2) is 8.42 Å². The molecule has 0 saturated heterocycles. The van der Waals surface area contributed by atoms with Gasteiger partial charge in [-0.05, 0) is 24.3 Å². The molecule has 108 valence electrons. The molecule has 6 nitrogen and oxygen atoms in total. The Morgan fingerprint density at radius 1 is 1.19 bits per heavy atom. The van der Waals surface area contributed by atoms with Crippen LogP contribution in [0.2, 0.25) is 0 Å². The maximum Gasteiger partial charge on any atom is 0.261 e. The largest absolute Gasteiger partial charge is 0.303 e. The van der Waals surface area contributed by atoms with E-state index in [4.69, 9.17) is 0 Å². The number of aldehydes is 1. The van der Waals surface area contributed by atoms with Crippen LogP contribution in [0.5, 0.6) is 0 Å². The van der Waals surface area contributed by atoms with Crippen molar-refractivity contribution >= 4 is 27.8 Å². The van der Waals surface area contributed by atoms with Crippen LogP contribution in [0.3, 0.4) is 0 Å². The molecular formula is C14H12N2O4S. The van der Waals surface area contributed by atoms with Gasteiger partial charge in [0.05, 0.1) is 23.2 Å². The molecule has 0 aliphatic rings. The molecular weight excluding hydrogens is 292 g/mol. The third kappa shape index (κ3) is 3.73. The van der Waals surface area contributed by atoms with E-state index in [1.165, 1.54) is 36.7 Å². The molecule has 0 aliphatic carbocycles. The summed E-state index contributed by atoms with van der Waals surface area (Å²) in [5.74, 6) is -0.353. The number of nitrogens with one attached hydrogen (secondary N) is 1. The number of nitrogens with zero attached hydrogens (tertiary/aromatic N) is 1. The number of sulfonamides is 1. The molecule has 1 aromatic heterocycles. The Balaban J connectivity index is 2.21. The SMILES string of the molecule is O=CCC(=O)c1ccc(S(=O)(=O)Nc2cccnc2)cc1. The third-order valence-electron chi connectivity index (χ3n) is 2.67. The molecule has 0 spiro atoms. The lowest BCUT2D eigenvalue weighted by Crippen LogP contribution is -2.13. The smallest absolute Gasteiger partial charge is 0.261 e. The van der Waals surface area contributed by atoms with Crippen LogP contribution >= 0.6 is 0 Å². The molecule has 7 heteroatoms. The van der Waals surface area contributed by atoms with E-state index in [0.29, 0.717) is 17.5 Å². The monoisotopic (exact) mass is 304 g/mol. The fourth-order valence-corrected chi connectivity index (χ4v) is 2.69. The van der Waals surface area contributed by atoms with Gasteiger partial charge in [-0.15, -0.1) is 0 Å². The normalized spacial score (nSPS) is 10.9. The molecule has 0 saturated carbocycles. The molecule has 0 bridgehead atoms. The van der Waals surface area contributed by atoms with Gasteiger partial charge < -0.3 is 4.79 Å². The Bertz CT molecular complexity index is 740. The maximum absolute atomic E-state index is 12.1. The topological polar surface area (TPSA) is 93.2 Å². The molecule has 1 N–H and O–H groups in total. The average Bonchev–Trinajstić information content (AvgIpc) is 2.48. The summed E-state index contributed by atoms with van der Waals surface area (Å²) in [6, 6.07) is 8.58. The summed E-state index contributed by atoms with van der Waals surface area (Å²) in [7, 11) is -3.74. The number of pyridine rings is 1. The Morgan fingerprint density at radius 3 is 2.48 bits per heavy atom. The summed E-state index contributed by atoms with van der Waals surface area (Å²) >= 11 is 0. The van der Waals surface area contributed by atoms with Crippen LogP contribution in [-0.2, 0) is 14.8 Å². The van der Waals surface area contributed by atoms with Gasteiger partial charge in [0, 0.05) is 11.8 Å². The summed E-state index contributed by atoms with van der Waals surface area (Å²) in [6.07, 6.45) is 3.21. The zero-order valence-electron chi connectivity index (χ0n) is 10.9. The number of carbonyl (C=O) groups excluding carboxylic acids is 2. The van der Waals surface area contributed by atoms with Crippen LogP contribution in [0.1, 0.15) is 16.8 Å². The molecule has 2 rings (SSSR count). The van der Waals surface area contributed by atoms with Gasteiger partial charge in [-0.2, -0.15) is 0 Å². The molecule has 2 aromatic rings. The van der Waals surface area contributed by atoms with Crippen molar-refractivity contribution in [2.24, 2.45) is 0 Å². The minimum absolute atomic E-state index is 0.0222. The number of carbonyl (C=O) groups is 2. The van der Waals surface area contributed by atoms with Gasteiger partial charge in [-0.3, -0.25) is 14.5 Å². The minimum Gasteiger partial charge on any atom is -0.303 e. The number of hydrogen-bond donors (Lipinski definition) is 1. The lowest BCUT2D eigenvalue weighted by atomic mass is 10.1. The number of rotatable bonds is 6. The van der Waals surface area contributed by atoms with E-state index >= 15 is 0 Å². The van der Waals surface area contributed by atoms with Crippen molar-refractivity contribution in [3.8, 4) is 0 Å². The van der Waals surface area contributed by atoms with Gasteiger partial charge in [-0.1, -0.05) is 12.1 Å². The number of Topliss-reactive ketones (excluding diaryl/α,β-unsaturated/α-hetero) is 1. The number of hydrogen-bond acceptors (Lipinski definition) is 5. The molecule has 0 unspecified atom stereocenters. The molecule has 0 radical (unpaired) electrons. The Hall–Kier alpha value is -2.54. The average molecular weight is 304 g/mol. The zero-order valence-corrected chi connectivity index (χ0v) is 11.7. The molecule has 1 heterocycles. The highest BCUT2D eigenvalue weighted by molar-refractivity contribution is 7.92. The van der Waals surface area contributed by atoms with E-state index in [-0.39, 0.29) is 17.1 Å². The van der Waals surface area contributed by atoms with Crippen LogP contribution in [0, 0.1) is 0 Å². The first kappa shape index (κ1) is 14.9. The lowest BCUT2D eigenvalue weighted by molar-refractivity contribution is -0.107. The molecule has 0 fully saturated rings. The van der Waals surface area contributed by atoms with Crippen LogP contribution in [0.25, 0.3) is 0 Å². The first-order valence-corrected chi connectivity index (χ1v) is 7.51. The van der Waals surface area contributed by atoms with Crippen molar-refractivity contribution in [1.29, 1.82) is 0 Å². The van der Waals surface area contributed by atoms with Crippen LogP contribution in [0.15, 0.2) is 53.7 Å². The van der Waals surface area contributed by atoms with Crippen molar-refractivity contribution in [2.75, 3.05) is 4.72 Å². The lowest BCUT2D eigenvalue weighted by Gasteiger charge is -2.07. The van der Waals surface area contributed by atoms with E-state index in [1.54, 1.807) is 12.1 Å². The number of anilines is 1. The first-order chi connectivity index (χ1) is 10.0. The number of aromatic nitrogens is 1. The van der Waals surface area contributed by atoms with E-state index in [0.717, 1.165) is 0 Å². The molecule has 0 aliphatic heterocycles. The van der Waals surface area contributed by atoms with Crippen molar-refractivity contribution in [3.05, 3.63) is 54.4 Å². The minimum atomic E-state index is -3.74. The summed E-state index contributed by atoms with van der Waals surface area (Å²) in [5, 5.41) is 0. The Morgan fingerprint density at radius 2 is 1.90 bits per heavy atom. The summed E-state index contributed by atoms with van der Waals surface area (Å²) < 4.78 is 26.6. The predicted molar refractivity (Wildman–Crippen MR) is 76.5 cm³/mol. The van der Waals surface area contributed by atoms with Gasteiger partial charge in [0.25, 0.3) is 10.0 Å². The van der Waals surface area contributed by atoms with E-state index in [9.17, 15) is 18.0 Å². The van der Waals surface area contributed by atoms with Crippen LogP contribution in [0.4, 0.5) is 5.69 Å². The quantitative estimate of drug-likeness (QED) is 0.497. The Kier molecular flexibility index (Phi) is 4.44.